The van der Waals surface area contributed by atoms with Gasteiger partial charge in [0.2, 0.25) is 17.7 Å². The third kappa shape index (κ3) is 5.88. The Morgan fingerprint density at radius 3 is 2.64 bits per heavy atom. The number of carbonyl (C=O) groups excluding carboxylic acids is 2. The van der Waals surface area contributed by atoms with E-state index < -0.39 is 6.04 Å². The first kappa shape index (κ1) is 20.7. The molecule has 1 aromatic carbocycles. The van der Waals surface area contributed by atoms with Crippen LogP contribution in [-0.2, 0) is 9.59 Å². The standard InChI is InChI=1S/C17H22N4O3.ClH/c1-10(2)15(18)16(23)19-8-14(22)21-13-6-4-5-12(7-13)17-20-11(3)9-24-17;/h4-7,9-10,15H,8,18H2,1-3H3,(H,19,23)(H,21,22);1H/t15-;/m0./s1. The third-order valence-electron chi connectivity index (χ3n) is 3.46. The fourth-order valence-corrected chi connectivity index (χ4v) is 2.01. The zero-order chi connectivity index (χ0) is 17.7. The average molecular weight is 367 g/mol. The Bertz CT molecular complexity index is 730. The first-order valence-electron chi connectivity index (χ1n) is 7.72. The van der Waals surface area contributed by atoms with Crippen molar-refractivity contribution in [2.75, 3.05) is 11.9 Å². The van der Waals surface area contributed by atoms with Crippen LogP contribution in [0.25, 0.3) is 11.5 Å². The van der Waals surface area contributed by atoms with Crippen LogP contribution in [-0.4, -0.2) is 29.4 Å². The SMILES string of the molecule is Cc1coc(-c2cccc(NC(=O)CNC(=O)[C@@H](N)C(C)C)c2)n1.Cl. The van der Waals surface area contributed by atoms with Gasteiger partial charge >= 0.3 is 0 Å². The maximum absolute atomic E-state index is 12.0. The molecule has 0 aliphatic carbocycles. The Labute approximate surface area is 152 Å². The first-order valence-corrected chi connectivity index (χ1v) is 7.72. The zero-order valence-corrected chi connectivity index (χ0v) is 15.2. The maximum atomic E-state index is 12.0. The lowest BCUT2D eigenvalue weighted by molar-refractivity contribution is -0.125. The number of aryl methyl sites for hydroxylation is 1. The van der Waals surface area contributed by atoms with Gasteiger partial charge in [-0.15, -0.1) is 12.4 Å². The molecule has 0 unspecified atom stereocenters. The molecule has 4 N–H and O–H groups in total. The zero-order valence-electron chi connectivity index (χ0n) is 14.4. The smallest absolute Gasteiger partial charge is 0.243 e. The molecule has 2 aromatic rings. The van der Waals surface area contributed by atoms with Crippen LogP contribution in [0.4, 0.5) is 5.69 Å². The van der Waals surface area contributed by atoms with Crippen LogP contribution in [0.2, 0.25) is 0 Å². The number of rotatable bonds is 6. The number of amides is 2. The summed E-state index contributed by atoms with van der Waals surface area (Å²) in [7, 11) is 0. The Balaban J connectivity index is 0.00000312. The number of nitrogens with two attached hydrogens (primary N) is 1. The fourth-order valence-electron chi connectivity index (χ4n) is 2.01. The van der Waals surface area contributed by atoms with E-state index in [0.717, 1.165) is 11.3 Å². The summed E-state index contributed by atoms with van der Waals surface area (Å²) in [5.74, 6) is -0.182. The lowest BCUT2D eigenvalue weighted by Crippen LogP contribution is -2.46. The Morgan fingerprint density at radius 2 is 2.04 bits per heavy atom. The van der Waals surface area contributed by atoms with Crippen molar-refractivity contribution in [3.05, 3.63) is 36.2 Å². The minimum atomic E-state index is -0.630. The predicted octanol–water partition coefficient (Wildman–Crippen LogP) is 2.11. The summed E-state index contributed by atoms with van der Waals surface area (Å²) in [6.45, 7) is 5.39. The molecule has 25 heavy (non-hydrogen) atoms. The highest BCUT2D eigenvalue weighted by Crippen LogP contribution is 2.21. The van der Waals surface area contributed by atoms with E-state index >= 15 is 0 Å². The van der Waals surface area contributed by atoms with Gasteiger partial charge in [-0.1, -0.05) is 19.9 Å². The summed E-state index contributed by atoms with van der Waals surface area (Å²) in [6.07, 6.45) is 1.56. The van der Waals surface area contributed by atoms with Gasteiger partial charge in [0.15, 0.2) is 0 Å². The van der Waals surface area contributed by atoms with E-state index in [1.54, 1.807) is 24.5 Å². The second-order valence-corrected chi connectivity index (χ2v) is 5.91. The lowest BCUT2D eigenvalue weighted by Gasteiger charge is -2.15. The highest BCUT2D eigenvalue weighted by Gasteiger charge is 2.17. The summed E-state index contributed by atoms with van der Waals surface area (Å²) in [6, 6.07) is 6.50. The number of oxazole rings is 1. The molecule has 0 saturated carbocycles. The molecule has 1 aromatic heterocycles. The molecule has 136 valence electrons. The van der Waals surface area contributed by atoms with Gasteiger partial charge in [-0.2, -0.15) is 0 Å². The van der Waals surface area contributed by atoms with Crippen molar-refractivity contribution < 1.29 is 14.0 Å². The van der Waals surface area contributed by atoms with Crippen LogP contribution in [0, 0.1) is 12.8 Å². The number of aromatic nitrogens is 1. The Morgan fingerprint density at radius 1 is 1.32 bits per heavy atom. The number of hydrogen-bond acceptors (Lipinski definition) is 5. The van der Waals surface area contributed by atoms with Gasteiger partial charge in [0.05, 0.1) is 18.3 Å². The van der Waals surface area contributed by atoms with E-state index in [4.69, 9.17) is 10.2 Å². The topological polar surface area (TPSA) is 110 Å². The number of carbonyl (C=O) groups is 2. The molecular formula is C17H23ClN4O3. The van der Waals surface area contributed by atoms with E-state index in [2.05, 4.69) is 15.6 Å². The Hall–Kier alpha value is -2.38. The van der Waals surface area contributed by atoms with Crippen LogP contribution < -0.4 is 16.4 Å². The highest BCUT2D eigenvalue weighted by molar-refractivity contribution is 5.95. The van der Waals surface area contributed by atoms with Gasteiger partial charge in [0.25, 0.3) is 0 Å². The number of benzene rings is 1. The Kier molecular flexibility index (Phi) is 7.60. The van der Waals surface area contributed by atoms with Crippen molar-refractivity contribution in [3.8, 4) is 11.5 Å². The second-order valence-electron chi connectivity index (χ2n) is 5.91. The number of nitrogens with zero attached hydrogens (tertiary/aromatic N) is 1. The van der Waals surface area contributed by atoms with Crippen molar-refractivity contribution in [2.24, 2.45) is 11.7 Å². The summed E-state index contributed by atoms with van der Waals surface area (Å²) in [4.78, 5) is 27.9. The molecule has 2 amide bonds. The van der Waals surface area contributed by atoms with Crippen molar-refractivity contribution >= 4 is 29.9 Å². The van der Waals surface area contributed by atoms with E-state index in [1.807, 2.05) is 26.8 Å². The molecule has 0 radical (unpaired) electrons. The molecule has 0 fully saturated rings. The second kappa shape index (κ2) is 9.19. The number of halogens is 1. The minimum Gasteiger partial charge on any atom is -0.444 e. The normalized spacial score (nSPS) is 11.6. The van der Waals surface area contributed by atoms with E-state index in [1.165, 1.54) is 0 Å². The van der Waals surface area contributed by atoms with Gasteiger partial charge in [0, 0.05) is 11.3 Å². The van der Waals surface area contributed by atoms with Gasteiger partial charge < -0.3 is 20.8 Å². The molecule has 2 rings (SSSR count). The summed E-state index contributed by atoms with van der Waals surface area (Å²) < 4.78 is 5.34. The van der Waals surface area contributed by atoms with Gasteiger partial charge in [0.1, 0.15) is 6.26 Å². The van der Waals surface area contributed by atoms with Crippen molar-refractivity contribution in [1.82, 2.24) is 10.3 Å². The fraction of sp³-hybridized carbons (Fsp3) is 0.353. The predicted molar refractivity (Wildman–Crippen MR) is 98.4 cm³/mol. The summed E-state index contributed by atoms with van der Waals surface area (Å²) in [5.41, 5.74) is 7.85. The van der Waals surface area contributed by atoms with E-state index in [-0.39, 0.29) is 36.7 Å². The van der Waals surface area contributed by atoms with Gasteiger partial charge in [-0.3, -0.25) is 9.59 Å². The van der Waals surface area contributed by atoms with Gasteiger partial charge in [-0.25, -0.2) is 4.98 Å². The first-order chi connectivity index (χ1) is 11.4. The lowest BCUT2D eigenvalue weighted by atomic mass is 10.1. The van der Waals surface area contributed by atoms with Crippen molar-refractivity contribution in [3.63, 3.8) is 0 Å². The van der Waals surface area contributed by atoms with Crippen LogP contribution in [0.3, 0.4) is 0 Å². The molecule has 1 atom stereocenters. The molecule has 0 spiro atoms. The number of hydrogen-bond donors (Lipinski definition) is 3. The van der Waals surface area contributed by atoms with E-state index in [0.29, 0.717) is 11.6 Å². The average Bonchev–Trinajstić information content (AvgIpc) is 2.98. The molecule has 8 heteroatoms. The van der Waals surface area contributed by atoms with Crippen LogP contribution in [0.1, 0.15) is 19.5 Å². The highest BCUT2D eigenvalue weighted by atomic mass is 35.5. The van der Waals surface area contributed by atoms with Crippen molar-refractivity contribution in [1.29, 1.82) is 0 Å². The van der Waals surface area contributed by atoms with Crippen LogP contribution in [0.5, 0.6) is 0 Å². The largest absolute Gasteiger partial charge is 0.444 e. The number of nitrogens with one attached hydrogen (secondary N) is 2. The van der Waals surface area contributed by atoms with Gasteiger partial charge in [-0.05, 0) is 31.0 Å². The molecule has 0 aliphatic heterocycles. The molecule has 0 bridgehead atoms. The molecule has 1 heterocycles. The van der Waals surface area contributed by atoms with Crippen LogP contribution in [0.15, 0.2) is 34.9 Å². The molecule has 0 aliphatic rings. The summed E-state index contributed by atoms with van der Waals surface area (Å²) >= 11 is 0. The molecule has 7 nitrogen and oxygen atoms in total. The summed E-state index contributed by atoms with van der Waals surface area (Å²) in [5, 5.41) is 5.25. The number of anilines is 1. The van der Waals surface area contributed by atoms with Crippen LogP contribution >= 0.6 is 12.4 Å². The molecular weight excluding hydrogens is 344 g/mol. The van der Waals surface area contributed by atoms with E-state index in [9.17, 15) is 9.59 Å². The monoisotopic (exact) mass is 366 g/mol. The molecule has 0 saturated heterocycles. The van der Waals surface area contributed by atoms with Crippen molar-refractivity contribution in [2.45, 2.75) is 26.8 Å². The minimum absolute atomic E-state index is 0. The quantitative estimate of drug-likeness (QED) is 0.725. The third-order valence-corrected chi connectivity index (χ3v) is 3.46. The maximum Gasteiger partial charge on any atom is 0.243 e.